The van der Waals surface area contributed by atoms with Gasteiger partial charge in [-0.3, -0.25) is 14.9 Å². The van der Waals surface area contributed by atoms with E-state index in [1.54, 1.807) is 25.1 Å². The van der Waals surface area contributed by atoms with E-state index in [0.717, 1.165) is 0 Å². The fourth-order valence-electron chi connectivity index (χ4n) is 1.83. The van der Waals surface area contributed by atoms with Crippen LogP contribution in [0.3, 0.4) is 0 Å². The maximum atomic E-state index is 13.4. The van der Waals surface area contributed by atoms with E-state index in [-0.39, 0.29) is 17.9 Å². The van der Waals surface area contributed by atoms with Crippen LogP contribution in [0.5, 0.6) is 0 Å². The number of para-hydroxylation sites is 1. The van der Waals surface area contributed by atoms with Crippen LogP contribution < -0.4 is 10.6 Å². The first-order chi connectivity index (χ1) is 10.5. The van der Waals surface area contributed by atoms with Crippen LogP contribution >= 0.6 is 0 Å². The van der Waals surface area contributed by atoms with Crippen molar-refractivity contribution in [2.45, 2.75) is 6.92 Å². The summed E-state index contributed by atoms with van der Waals surface area (Å²) in [4.78, 5) is 22.1. The van der Waals surface area contributed by atoms with Gasteiger partial charge in [-0.1, -0.05) is 18.2 Å². The number of hydrogen-bond acceptors (Lipinski definition) is 4. The SMILES string of the molecule is Cc1ccc([N+](=O)[O-])cc1NC(=O)CNc1ccccc1F. The number of aryl methyl sites for hydroxylation is 1. The van der Waals surface area contributed by atoms with Gasteiger partial charge in [0.15, 0.2) is 0 Å². The molecular weight excluding hydrogens is 289 g/mol. The molecule has 0 saturated carbocycles. The number of carbonyl (C=O) groups excluding carboxylic acids is 1. The van der Waals surface area contributed by atoms with Crippen LogP contribution in [0.4, 0.5) is 21.5 Å². The summed E-state index contributed by atoms with van der Waals surface area (Å²) in [6.45, 7) is 1.58. The predicted molar refractivity (Wildman–Crippen MR) is 81.4 cm³/mol. The lowest BCUT2D eigenvalue weighted by atomic mass is 10.2. The van der Waals surface area contributed by atoms with Crippen LogP contribution in [0, 0.1) is 22.9 Å². The Hall–Kier alpha value is -2.96. The van der Waals surface area contributed by atoms with Crippen LogP contribution in [0.2, 0.25) is 0 Å². The molecule has 1 amide bonds. The summed E-state index contributed by atoms with van der Waals surface area (Å²) >= 11 is 0. The Balaban J connectivity index is 2.02. The van der Waals surface area contributed by atoms with Crippen molar-refractivity contribution in [1.29, 1.82) is 0 Å². The summed E-state index contributed by atoms with van der Waals surface area (Å²) in [6, 6.07) is 10.2. The van der Waals surface area contributed by atoms with Gasteiger partial charge < -0.3 is 10.6 Å². The van der Waals surface area contributed by atoms with Gasteiger partial charge >= 0.3 is 0 Å². The summed E-state index contributed by atoms with van der Waals surface area (Å²) in [5.74, 6) is -0.881. The molecule has 0 aliphatic heterocycles. The van der Waals surface area contributed by atoms with Crippen molar-refractivity contribution < 1.29 is 14.1 Å². The van der Waals surface area contributed by atoms with Crippen molar-refractivity contribution >= 4 is 23.0 Å². The van der Waals surface area contributed by atoms with Crippen molar-refractivity contribution in [3.63, 3.8) is 0 Å². The zero-order valence-electron chi connectivity index (χ0n) is 11.8. The van der Waals surface area contributed by atoms with E-state index >= 15 is 0 Å². The van der Waals surface area contributed by atoms with E-state index in [0.29, 0.717) is 11.3 Å². The molecule has 0 bridgehead atoms. The summed E-state index contributed by atoms with van der Waals surface area (Å²) in [5.41, 5.74) is 1.16. The van der Waals surface area contributed by atoms with E-state index < -0.39 is 16.6 Å². The zero-order chi connectivity index (χ0) is 16.1. The molecule has 2 aromatic rings. The molecule has 0 fully saturated rings. The molecule has 0 atom stereocenters. The maximum Gasteiger partial charge on any atom is 0.271 e. The third-order valence-corrected chi connectivity index (χ3v) is 3.02. The minimum Gasteiger partial charge on any atom is -0.374 e. The second kappa shape index (κ2) is 6.66. The Bertz CT molecular complexity index is 719. The molecule has 6 nitrogen and oxygen atoms in total. The number of nitrogens with one attached hydrogen (secondary N) is 2. The predicted octanol–water partition coefficient (Wildman–Crippen LogP) is 3.09. The van der Waals surface area contributed by atoms with Gasteiger partial charge in [-0.05, 0) is 24.6 Å². The highest BCUT2D eigenvalue weighted by Crippen LogP contribution is 2.21. The van der Waals surface area contributed by atoms with Crippen molar-refractivity contribution in [3.8, 4) is 0 Å². The van der Waals surface area contributed by atoms with Gasteiger partial charge in [-0.2, -0.15) is 0 Å². The van der Waals surface area contributed by atoms with E-state index in [9.17, 15) is 19.3 Å². The third-order valence-electron chi connectivity index (χ3n) is 3.02. The molecule has 0 heterocycles. The highest BCUT2D eigenvalue weighted by Gasteiger charge is 2.11. The zero-order valence-corrected chi connectivity index (χ0v) is 11.8. The molecule has 0 aromatic heterocycles. The fourth-order valence-corrected chi connectivity index (χ4v) is 1.83. The summed E-state index contributed by atoms with van der Waals surface area (Å²) in [5, 5.41) is 16.0. The summed E-state index contributed by atoms with van der Waals surface area (Å²) < 4.78 is 13.4. The number of carbonyl (C=O) groups is 1. The molecule has 22 heavy (non-hydrogen) atoms. The monoisotopic (exact) mass is 303 g/mol. The van der Waals surface area contributed by atoms with Crippen LogP contribution in [0.25, 0.3) is 0 Å². The maximum absolute atomic E-state index is 13.4. The first kappa shape index (κ1) is 15.4. The van der Waals surface area contributed by atoms with Gasteiger partial charge in [0.2, 0.25) is 5.91 Å². The first-order valence-electron chi connectivity index (χ1n) is 6.50. The molecular formula is C15H14FN3O3. The number of nitro benzene ring substituents is 1. The Kier molecular flexibility index (Phi) is 4.67. The topological polar surface area (TPSA) is 84.3 Å². The van der Waals surface area contributed by atoms with Crippen molar-refractivity contribution in [2.75, 3.05) is 17.2 Å². The van der Waals surface area contributed by atoms with Gasteiger partial charge in [0.25, 0.3) is 5.69 Å². The van der Waals surface area contributed by atoms with Crippen LogP contribution in [0.1, 0.15) is 5.56 Å². The molecule has 2 rings (SSSR count). The molecule has 2 N–H and O–H groups in total. The van der Waals surface area contributed by atoms with Crippen LogP contribution in [-0.4, -0.2) is 17.4 Å². The van der Waals surface area contributed by atoms with Crippen LogP contribution in [0.15, 0.2) is 42.5 Å². The van der Waals surface area contributed by atoms with Gasteiger partial charge in [0.1, 0.15) is 5.82 Å². The number of nitrogens with zero attached hydrogens (tertiary/aromatic N) is 1. The van der Waals surface area contributed by atoms with Gasteiger partial charge in [-0.25, -0.2) is 4.39 Å². The molecule has 0 unspecified atom stereocenters. The van der Waals surface area contributed by atoms with E-state index in [1.165, 1.54) is 24.3 Å². The van der Waals surface area contributed by atoms with Crippen LogP contribution in [-0.2, 0) is 4.79 Å². The molecule has 0 aliphatic carbocycles. The number of non-ortho nitro benzene ring substituents is 1. The Labute approximate surface area is 126 Å². The number of halogens is 1. The molecule has 7 heteroatoms. The lowest BCUT2D eigenvalue weighted by Crippen LogP contribution is -2.22. The van der Waals surface area contributed by atoms with Gasteiger partial charge in [-0.15, -0.1) is 0 Å². The average Bonchev–Trinajstić information content (AvgIpc) is 2.48. The van der Waals surface area contributed by atoms with E-state index in [2.05, 4.69) is 10.6 Å². The molecule has 0 saturated heterocycles. The van der Waals surface area contributed by atoms with E-state index in [4.69, 9.17) is 0 Å². The summed E-state index contributed by atoms with van der Waals surface area (Å²) in [6.07, 6.45) is 0. The second-order valence-corrected chi connectivity index (χ2v) is 4.64. The minimum absolute atomic E-state index is 0.108. The molecule has 114 valence electrons. The molecule has 0 spiro atoms. The molecule has 0 radical (unpaired) electrons. The minimum atomic E-state index is -0.535. The number of hydrogen-bond donors (Lipinski definition) is 2. The average molecular weight is 303 g/mol. The van der Waals surface area contributed by atoms with Crippen molar-refractivity contribution in [2.24, 2.45) is 0 Å². The largest absolute Gasteiger partial charge is 0.374 e. The smallest absolute Gasteiger partial charge is 0.271 e. The first-order valence-corrected chi connectivity index (χ1v) is 6.50. The molecule has 2 aromatic carbocycles. The number of rotatable bonds is 5. The standard InChI is InChI=1S/C15H14FN3O3/c1-10-6-7-11(19(21)22)8-14(10)18-15(20)9-17-13-5-3-2-4-12(13)16/h2-8,17H,9H2,1H3,(H,18,20). The normalized spacial score (nSPS) is 10.1. The number of amides is 1. The highest BCUT2D eigenvalue weighted by molar-refractivity contribution is 5.94. The fraction of sp³-hybridized carbons (Fsp3) is 0.133. The summed E-state index contributed by atoms with van der Waals surface area (Å²) in [7, 11) is 0. The second-order valence-electron chi connectivity index (χ2n) is 4.64. The molecule has 0 aliphatic rings. The van der Waals surface area contributed by atoms with Gasteiger partial charge in [0, 0.05) is 12.1 Å². The quantitative estimate of drug-likeness (QED) is 0.656. The number of benzene rings is 2. The van der Waals surface area contributed by atoms with Crippen molar-refractivity contribution in [1.82, 2.24) is 0 Å². The van der Waals surface area contributed by atoms with Gasteiger partial charge in [0.05, 0.1) is 22.8 Å². The number of nitro groups is 1. The lowest BCUT2D eigenvalue weighted by Gasteiger charge is -2.10. The third kappa shape index (κ3) is 3.78. The Morgan fingerprint density at radius 2 is 1.95 bits per heavy atom. The Morgan fingerprint density at radius 3 is 2.64 bits per heavy atom. The van der Waals surface area contributed by atoms with E-state index in [1.807, 2.05) is 0 Å². The number of anilines is 2. The highest BCUT2D eigenvalue weighted by atomic mass is 19.1. The Morgan fingerprint density at radius 1 is 1.23 bits per heavy atom. The lowest BCUT2D eigenvalue weighted by molar-refractivity contribution is -0.384. The van der Waals surface area contributed by atoms with Crippen molar-refractivity contribution in [3.05, 3.63) is 64.0 Å².